The standard InChI is InChI=1S/C15H26N4O2/c1-7-19-13(9-12(17-19)10(2)3)15(21)18(6)11(4)8-14(20)16-5/h9-11H,7-8H2,1-6H3,(H,16,20)/t11-/m0/s1. The maximum Gasteiger partial charge on any atom is 0.272 e. The Hall–Kier alpha value is -1.85. The van der Waals surface area contributed by atoms with Crippen LogP contribution in [0, 0.1) is 0 Å². The molecule has 0 aliphatic heterocycles. The minimum atomic E-state index is -0.167. The molecule has 0 aliphatic rings. The van der Waals surface area contributed by atoms with Crippen LogP contribution < -0.4 is 5.32 Å². The molecule has 6 nitrogen and oxygen atoms in total. The van der Waals surface area contributed by atoms with Crippen LogP contribution in [0.4, 0.5) is 0 Å². The first-order valence-electron chi connectivity index (χ1n) is 7.37. The van der Waals surface area contributed by atoms with Gasteiger partial charge in [-0.15, -0.1) is 0 Å². The maximum absolute atomic E-state index is 12.6. The third-order valence-corrected chi connectivity index (χ3v) is 3.65. The molecule has 0 aliphatic carbocycles. The Bertz CT molecular complexity index is 508. The minimum absolute atomic E-state index is 0.0750. The third kappa shape index (κ3) is 4.06. The molecule has 0 fully saturated rings. The lowest BCUT2D eigenvalue weighted by atomic mass is 10.1. The van der Waals surface area contributed by atoms with Gasteiger partial charge in [0, 0.05) is 33.1 Å². The Morgan fingerprint density at radius 2 is 2.00 bits per heavy atom. The van der Waals surface area contributed by atoms with E-state index in [1.54, 1.807) is 23.7 Å². The Morgan fingerprint density at radius 3 is 2.48 bits per heavy atom. The van der Waals surface area contributed by atoms with E-state index < -0.39 is 0 Å². The van der Waals surface area contributed by atoms with E-state index >= 15 is 0 Å². The smallest absolute Gasteiger partial charge is 0.272 e. The van der Waals surface area contributed by atoms with Crippen molar-refractivity contribution in [3.8, 4) is 0 Å². The van der Waals surface area contributed by atoms with Gasteiger partial charge in [0.25, 0.3) is 5.91 Å². The molecule has 118 valence electrons. The molecule has 0 radical (unpaired) electrons. The second kappa shape index (κ2) is 7.24. The number of aromatic nitrogens is 2. The average molecular weight is 294 g/mol. The van der Waals surface area contributed by atoms with Crippen molar-refractivity contribution in [1.29, 1.82) is 0 Å². The van der Waals surface area contributed by atoms with Crippen LogP contribution in [0.25, 0.3) is 0 Å². The van der Waals surface area contributed by atoms with E-state index in [9.17, 15) is 9.59 Å². The van der Waals surface area contributed by atoms with Gasteiger partial charge in [-0.3, -0.25) is 14.3 Å². The van der Waals surface area contributed by atoms with E-state index in [-0.39, 0.29) is 30.2 Å². The van der Waals surface area contributed by atoms with E-state index in [1.165, 1.54) is 0 Å². The molecule has 1 rings (SSSR count). The fourth-order valence-electron chi connectivity index (χ4n) is 2.02. The highest BCUT2D eigenvalue weighted by molar-refractivity contribution is 5.93. The number of hydrogen-bond donors (Lipinski definition) is 1. The van der Waals surface area contributed by atoms with Crippen molar-refractivity contribution in [3.05, 3.63) is 17.5 Å². The van der Waals surface area contributed by atoms with Gasteiger partial charge in [0.2, 0.25) is 5.91 Å². The molecule has 0 bridgehead atoms. The normalized spacial score (nSPS) is 12.3. The molecule has 1 atom stereocenters. The van der Waals surface area contributed by atoms with Gasteiger partial charge in [0.05, 0.1) is 5.69 Å². The van der Waals surface area contributed by atoms with Crippen LogP contribution >= 0.6 is 0 Å². The van der Waals surface area contributed by atoms with Crippen LogP contribution in [-0.2, 0) is 11.3 Å². The summed E-state index contributed by atoms with van der Waals surface area (Å²) in [5.41, 5.74) is 1.49. The number of carbonyl (C=O) groups excluding carboxylic acids is 2. The van der Waals surface area contributed by atoms with E-state index in [1.807, 2.05) is 19.9 Å². The van der Waals surface area contributed by atoms with E-state index in [4.69, 9.17) is 0 Å². The summed E-state index contributed by atoms with van der Waals surface area (Å²) in [5, 5.41) is 7.03. The zero-order valence-corrected chi connectivity index (χ0v) is 13.8. The molecule has 6 heteroatoms. The Kier molecular flexibility index (Phi) is 5.93. The summed E-state index contributed by atoms with van der Waals surface area (Å²) in [4.78, 5) is 25.6. The molecule has 2 amide bonds. The van der Waals surface area contributed by atoms with Crippen LogP contribution in [0.3, 0.4) is 0 Å². The predicted molar refractivity (Wildman–Crippen MR) is 82.2 cm³/mol. The molecule has 0 unspecified atom stereocenters. The van der Waals surface area contributed by atoms with Gasteiger partial charge in [0.15, 0.2) is 0 Å². The van der Waals surface area contributed by atoms with Crippen molar-refractivity contribution in [2.75, 3.05) is 14.1 Å². The summed E-state index contributed by atoms with van der Waals surface area (Å²) in [7, 11) is 3.32. The van der Waals surface area contributed by atoms with Crippen molar-refractivity contribution in [2.24, 2.45) is 0 Å². The first-order chi connectivity index (χ1) is 9.81. The summed E-state index contributed by atoms with van der Waals surface area (Å²) >= 11 is 0. The number of amides is 2. The summed E-state index contributed by atoms with van der Waals surface area (Å²) in [6, 6.07) is 1.68. The molecule has 0 aromatic carbocycles. The number of rotatable bonds is 6. The third-order valence-electron chi connectivity index (χ3n) is 3.65. The quantitative estimate of drug-likeness (QED) is 0.867. The fourth-order valence-corrected chi connectivity index (χ4v) is 2.02. The molecule has 1 aromatic rings. The zero-order valence-electron chi connectivity index (χ0n) is 13.8. The maximum atomic E-state index is 12.6. The second-order valence-electron chi connectivity index (χ2n) is 5.57. The largest absolute Gasteiger partial charge is 0.359 e. The van der Waals surface area contributed by atoms with Gasteiger partial charge < -0.3 is 10.2 Å². The molecule has 21 heavy (non-hydrogen) atoms. The van der Waals surface area contributed by atoms with Gasteiger partial charge in [-0.05, 0) is 25.8 Å². The summed E-state index contributed by atoms with van der Waals surface area (Å²) in [5.74, 6) is 0.0969. The summed E-state index contributed by atoms with van der Waals surface area (Å²) in [6.45, 7) is 8.57. The topological polar surface area (TPSA) is 67.2 Å². The Balaban J connectivity index is 2.94. The van der Waals surface area contributed by atoms with Crippen LogP contribution in [0.1, 0.15) is 56.2 Å². The molecular weight excluding hydrogens is 268 g/mol. The van der Waals surface area contributed by atoms with Gasteiger partial charge in [-0.2, -0.15) is 5.10 Å². The predicted octanol–water partition coefficient (Wildman–Crippen LogP) is 1.62. The molecule has 1 heterocycles. The van der Waals surface area contributed by atoms with Gasteiger partial charge in [0.1, 0.15) is 5.69 Å². The average Bonchev–Trinajstić information content (AvgIpc) is 2.89. The molecule has 0 saturated carbocycles. The highest BCUT2D eigenvalue weighted by atomic mass is 16.2. The van der Waals surface area contributed by atoms with Crippen LogP contribution in [0.2, 0.25) is 0 Å². The van der Waals surface area contributed by atoms with E-state index in [0.717, 1.165) is 5.69 Å². The number of carbonyl (C=O) groups is 2. The lowest BCUT2D eigenvalue weighted by Crippen LogP contribution is -2.39. The highest BCUT2D eigenvalue weighted by Crippen LogP contribution is 2.17. The number of nitrogens with zero attached hydrogens (tertiary/aromatic N) is 3. The van der Waals surface area contributed by atoms with E-state index in [0.29, 0.717) is 12.2 Å². The number of hydrogen-bond acceptors (Lipinski definition) is 3. The molecule has 1 aromatic heterocycles. The first kappa shape index (κ1) is 17.2. The van der Waals surface area contributed by atoms with Gasteiger partial charge >= 0.3 is 0 Å². The number of nitrogens with one attached hydrogen (secondary N) is 1. The van der Waals surface area contributed by atoms with Crippen molar-refractivity contribution >= 4 is 11.8 Å². The summed E-state index contributed by atoms with van der Waals surface area (Å²) in [6.07, 6.45) is 0.288. The first-order valence-corrected chi connectivity index (χ1v) is 7.37. The van der Waals surface area contributed by atoms with Crippen LogP contribution in [0.15, 0.2) is 6.07 Å². The summed E-state index contributed by atoms with van der Waals surface area (Å²) < 4.78 is 1.72. The Labute approximate surface area is 126 Å². The van der Waals surface area contributed by atoms with Crippen molar-refractivity contribution in [1.82, 2.24) is 20.0 Å². The Morgan fingerprint density at radius 1 is 1.38 bits per heavy atom. The molecule has 0 saturated heterocycles. The van der Waals surface area contributed by atoms with Crippen molar-refractivity contribution in [2.45, 2.75) is 52.6 Å². The van der Waals surface area contributed by atoms with Crippen molar-refractivity contribution < 1.29 is 9.59 Å². The van der Waals surface area contributed by atoms with Crippen LogP contribution in [-0.4, -0.2) is 46.6 Å². The molecule has 1 N–H and O–H groups in total. The van der Waals surface area contributed by atoms with Gasteiger partial charge in [-0.25, -0.2) is 0 Å². The second-order valence-corrected chi connectivity index (χ2v) is 5.57. The fraction of sp³-hybridized carbons (Fsp3) is 0.667. The van der Waals surface area contributed by atoms with Crippen LogP contribution in [0.5, 0.6) is 0 Å². The lowest BCUT2D eigenvalue weighted by Gasteiger charge is -2.24. The highest BCUT2D eigenvalue weighted by Gasteiger charge is 2.23. The monoisotopic (exact) mass is 294 g/mol. The SMILES string of the molecule is CCn1nc(C(C)C)cc1C(=O)N(C)[C@@H](C)CC(=O)NC. The minimum Gasteiger partial charge on any atom is -0.359 e. The van der Waals surface area contributed by atoms with Gasteiger partial charge in [-0.1, -0.05) is 13.8 Å². The molecular formula is C15H26N4O2. The number of aryl methyl sites for hydroxylation is 1. The zero-order chi connectivity index (χ0) is 16.2. The van der Waals surface area contributed by atoms with E-state index in [2.05, 4.69) is 24.3 Å². The molecule has 0 spiro atoms. The van der Waals surface area contributed by atoms with Crippen molar-refractivity contribution in [3.63, 3.8) is 0 Å². The lowest BCUT2D eigenvalue weighted by molar-refractivity contribution is -0.121.